The summed E-state index contributed by atoms with van der Waals surface area (Å²) in [7, 11) is 0. The Bertz CT molecular complexity index is 785. The van der Waals surface area contributed by atoms with Gasteiger partial charge in [0.15, 0.2) is 0 Å². The van der Waals surface area contributed by atoms with Gasteiger partial charge in [0.2, 0.25) is 17.8 Å². The second-order valence-corrected chi connectivity index (χ2v) is 7.15. The molecule has 0 atom stereocenters. The van der Waals surface area contributed by atoms with Crippen molar-refractivity contribution in [3.05, 3.63) is 24.2 Å². The molecule has 2 aromatic heterocycles. The van der Waals surface area contributed by atoms with E-state index in [0.717, 1.165) is 44.5 Å². The summed E-state index contributed by atoms with van der Waals surface area (Å²) in [5.74, 6) is 2.30. The van der Waals surface area contributed by atoms with Gasteiger partial charge in [-0.2, -0.15) is 15.0 Å². The predicted octanol–water partition coefficient (Wildman–Crippen LogP) is 2.29. The van der Waals surface area contributed by atoms with Crippen LogP contribution in [-0.4, -0.2) is 51.5 Å². The van der Waals surface area contributed by atoms with Gasteiger partial charge in [-0.25, -0.2) is 0 Å². The number of hydrogen-bond donors (Lipinski definition) is 2. The van der Waals surface area contributed by atoms with Crippen molar-refractivity contribution in [3.8, 4) is 6.01 Å². The Hall–Kier alpha value is -2.84. The van der Waals surface area contributed by atoms with Crippen molar-refractivity contribution < 1.29 is 13.9 Å². The van der Waals surface area contributed by atoms with Crippen molar-refractivity contribution in [2.75, 3.05) is 30.3 Å². The third kappa shape index (κ3) is 4.71. The van der Waals surface area contributed by atoms with Gasteiger partial charge in [0, 0.05) is 25.0 Å². The Morgan fingerprint density at radius 1 is 1.21 bits per heavy atom. The molecule has 9 heteroatoms. The lowest BCUT2D eigenvalue weighted by molar-refractivity contribution is -0.133. The molecule has 2 aromatic rings. The molecule has 1 aliphatic carbocycles. The van der Waals surface area contributed by atoms with Crippen LogP contribution in [-0.2, 0) is 11.3 Å². The van der Waals surface area contributed by atoms with Gasteiger partial charge < -0.3 is 24.7 Å². The summed E-state index contributed by atoms with van der Waals surface area (Å²) in [6.07, 6.45) is 5.49. The van der Waals surface area contributed by atoms with E-state index >= 15 is 0 Å². The predicted molar refractivity (Wildman–Crippen MR) is 103 cm³/mol. The average Bonchev–Trinajstić information content (AvgIpc) is 3.42. The topological polar surface area (TPSA) is 105 Å². The number of amides is 1. The molecular weight excluding hydrogens is 360 g/mol. The summed E-state index contributed by atoms with van der Waals surface area (Å²) < 4.78 is 10.8. The first kappa shape index (κ1) is 18.5. The van der Waals surface area contributed by atoms with E-state index < -0.39 is 0 Å². The van der Waals surface area contributed by atoms with Gasteiger partial charge in [-0.15, -0.1) is 0 Å². The molecule has 4 rings (SSSR count). The molecule has 2 aliphatic rings. The SMILES string of the molecule is CCOc1nc(NCc2ccco2)nc(NC2CCN(C(=O)C3CC3)CC2)n1. The van der Waals surface area contributed by atoms with Crippen molar-refractivity contribution in [2.24, 2.45) is 5.92 Å². The second-order valence-electron chi connectivity index (χ2n) is 7.15. The first-order chi connectivity index (χ1) is 13.7. The molecule has 0 aromatic carbocycles. The van der Waals surface area contributed by atoms with Crippen LogP contribution in [0, 0.1) is 5.92 Å². The summed E-state index contributed by atoms with van der Waals surface area (Å²) in [5, 5.41) is 6.51. The van der Waals surface area contributed by atoms with Gasteiger partial charge in [0.1, 0.15) is 5.76 Å². The fourth-order valence-electron chi connectivity index (χ4n) is 3.29. The lowest BCUT2D eigenvalue weighted by Gasteiger charge is -2.32. The summed E-state index contributed by atoms with van der Waals surface area (Å²) in [4.78, 5) is 27.3. The number of furan rings is 1. The highest BCUT2D eigenvalue weighted by Gasteiger charge is 2.35. The number of piperidine rings is 1. The summed E-state index contributed by atoms with van der Waals surface area (Å²) in [5.41, 5.74) is 0. The molecular formula is C19H26N6O3. The first-order valence-corrected chi connectivity index (χ1v) is 9.91. The maximum absolute atomic E-state index is 12.2. The third-order valence-electron chi connectivity index (χ3n) is 4.96. The molecule has 0 unspecified atom stereocenters. The van der Waals surface area contributed by atoms with E-state index in [1.165, 1.54) is 0 Å². The lowest BCUT2D eigenvalue weighted by atomic mass is 10.0. The molecule has 1 saturated heterocycles. The van der Waals surface area contributed by atoms with Crippen molar-refractivity contribution >= 4 is 17.8 Å². The Kier molecular flexibility index (Phi) is 5.59. The number of nitrogens with one attached hydrogen (secondary N) is 2. The minimum atomic E-state index is 0.220. The fourth-order valence-corrected chi connectivity index (χ4v) is 3.29. The van der Waals surface area contributed by atoms with Crippen LogP contribution in [0.2, 0.25) is 0 Å². The smallest absolute Gasteiger partial charge is 0.323 e. The molecule has 1 saturated carbocycles. The maximum Gasteiger partial charge on any atom is 0.323 e. The Balaban J connectivity index is 1.36. The number of aromatic nitrogens is 3. The zero-order chi connectivity index (χ0) is 19.3. The monoisotopic (exact) mass is 386 g/mol. The normalized spacial score (nSPS) is 17.4. The molecule has 1 amide bonds. The minimum Gasteiger partial charge on any atom is -0.467 e. The summed E-state index contributed by atoms with van der Waals surface area (Å²) in [6, 6.07) is 4.22. The number of anilines is 2. The molecule has 2 fully saturated rings. The van der Waals surface area contributed by atoms with E-state index in [4.69, 9.17) is 9.15 Å². The highest BCUT2D eigenvalue weighted by Crippen LogP contribution is 2.32. The fraction of sp³-hybridized carbons (Fsp3) is 0.579. The Labute approximate surface area is 163 Å². The van der Waals surface area contributed by atoms with Gasteiger partial charge >= 0.3 is 6.01 Å². The highest BCUT2D eigenvalue weighted by atomic mass is 16.5. The van der Waals surface area contributed by atoms with Crippen LogP contribution in [0.4, 0.5) is 11.9 Å². The number of hydrogen-bond acceptors (Lipinski definition) is 8. The summed E-state index contributed by atoms with van der Waals surface area (Å²) >= 11 is 0. The number of carbonyl (C=O) groups is 1. The minimum absolute atomic E-state index is 0.220. The molecule has 3 heterocycles. The van der Waals surface area contributed by atoms with E-state index in [-0.39, 0.29) is 18.0 Å². The molecule has 0 bridgehead atoms. The van der Waals surface area contributed by atoms with Crippen LogP contribution in [0.3, 0.4) is 0 Å². The van der Waals surface area contributed by atoms with Crippen LogP contribution in [0.5, 0.6) is 6.01 Å². The van der Waals surface area contributed by atoms with Crippen LogP contribution < -0.4 is 15.4 Å². The number of ether oxygens (including phenoxy) is 1. The van der Waals surface area contributed by atoms with Gasteiger partial charge in [-0.3, -0.25) is 4.79 Å². The van der Waals surface area contributed by atoms with Gasteiger partial charge in [0.25, 0.3) is 0 Å². The lowest BCUT2D eigenvalue weighted by Crippen LogP contribution is -2.43. The zero-order valence-electron chi connectivity index (χ0n) is 16.1. The van der Waals surface area contributed by atoms with Crippen LogP contribution in [0.1, 0.15) is 38.4 Å². The van der Waals surface area contributed by atoms with E-state index in [2.05, 4.69) is 25.6 Å². The van der Waals surface area contributed by atoms with Gasteiger partial charge in [0.05, 0.1) is 19.4 Å². The number of nitrogens with zero attached hydrogens (tertiary/aromatic N) is 4. The zero-order valence-corrected chi connectivity index (χ0v) is 16.1. The maximum atomic E-state index is 12.2. The van der Waals surface area contributed by atoms with Crippen molar-refractivity contribution in [1.29, 1.82) is 0 Å². The standard InChI is InChI=1S/C19H26N6O3/c1-2-27-19-23-17(20-12-15-4-3-11-28-15)22-18(24-19)21-14-7-9-25(10-8-14)16(26)13-5-6-13/h3-4,11,13-14H,2,5-10,12H2,1H3,(H2,20,21,22,23,24). The Morgan fingerprint density at radius 2 is 2.00 bits per heavy atom. The number of carbonyl (C=O) groups excluding carboxylic acids is 1. The molecule has 0 radical (unpaired) electrons. The van der Waals surface area contributed by atoms with Crippen molar-refractivity contribution in [1.82, 2.24) is 19.9 Å². The van der Waals surface area contributed by atoms with Crippen molar-refractivity contribution in [2.45, 2.75) is 45.2 Å². The summed E-state index contributed by atoms with van der Waals surface area (Å²) in [6.45, 7) is 4.39. The molecule has 2 N–H and O–H groups in total. The third-order valence-corrected chi connectivity index (χ3v) is 4.96. The molecule has 0 spiro atoms. The Morgan fingerprint density at radius 3 is 2.68 bits per heavy atom. The van der Waals surface area contributed by atoms with Crippen molar-refractivity contribution in [3.63, 3.8) is 0 Å². The number of likely N-dealkylation sites (tertiary alicyclic amines) is 1. The molecule has 150 valence electrons. The largest absolute Gasteiger partial charge is 0.467 e. The van der Waals surface area contributed by atoms with E-state index in [0.29, 0.717) is 31.0 Å². The van der Waals surface area contributed by atoms with Crippen LogP contribution in [0.25, 0.3) is 0 Å². The van der Waals surface area contributed by atoms with Gasteiger partial charge in [-0.1, -0.05) is 0 Å². The van der Waals surface area contributed by atoms with E-state index in [1.807, 2.05) is 24.0 Å². The van der Waals surface area contributed by atoms with E-state index in [1.54, 1.807) is 6.26 Å². The molecule has 1 aliphatic heterocycles. The van der Waals surface area contributed by atoms with E-state index in [9.17, 15) is 4.79 Å². The average molecular weight is 386 g/mol. The van der Waals surface area contributed by atoms with Crippen LogP contribution >= 0.6 is 0 Å². The van der Waals surface area contributed by atoms with Gasteiger partial charge in [-0.05, 0) is 44.7 Å². The highest BCUT2D eigenvalue weighted by molar-refractivity contribution is 5.81. The number of rotatable bonds is 8. The quantitative estimate of drug-likeness (QED) is 0.712. The van der Waals surface area contributed by atoms with Crippen LogP contribution in [0.15, 0.2) is 22.8 Å². The second kappa shape index (κ2) is 8.45. The first-order valence-electron chi connectivity index (χ1n) is 9.91. The molecule has 9 nitrogen and oxygen atoms in total. The molecule has 28 heavy (non-hydrogen) atoms.